The van der Waals surface area contributed by atoms with Crippen LogP contribution in [0.5, 0.6) is 11.5 Å². The summed E-state index contributed by atoms with van der Waals surface area (Å²) < 4.78 is 13.3. The van der Waals surface area contributed by atoms with Crippen molar-refractivity contribution in [1.82, 2.24) is 5.32 Å². The van der Waals surface area contributed by atoms with Gasteiger partial charge in [-0.25, -0.2) is 0 Å². The second-order valence-electron chi connectivity index (χ2n) is 8.95. The van der Waals surface area contributed by atoms with Crippen LogP contribution in [0.25, 0.3) is 0 Å². The number of methoxy groups -OCH3 is 1. The van der Waals surface area contributed by atoms with Gasteiger partial charge in [-0.3, -0.25) is 20.2 Å². The molecule has 0 aliphatic carbocycles. The van der Waals surface area contributed by atoms with E-state index in [0.717, 1.165) is 10.0 Å². The lowest BCUT2D eigenvalue weighted by Gasteiger charge is -2.25. The van der Waals surface area contributed by atoms with Crippen molar-refractivity contribution < 1.29 is 19.2 Å². The van der Waals surface area contributed by atoms with Crippen LogP contribution in [0.4, 0.5) is 5.69 Å². The third kappa shape index (κ3) is 3.97. The molecule has 8 nitrogen and oxygen atoms in total. The fourth-order valence-electron chi connectivity index (χ4n) is 5.36. The fraction of sp³-hybridized carbons (Fsp3) is 0.269. The summed E-state index contributed by atoms with van der Waals surface area (Å²) in [7, 11) is 1.53. The molecule has 10 heteroatoms. The molecule has 1 spiro atoms. The molecule has 3 aromatic carbocycles. The van der Waals surface area contributed by atoms with E-state index in [0.29, 0.717) is 39.4 Å². The molecule has 2 aliphatic rings. The summed E-state index contributed by atoms with van der Waals surface area (Å²) in [5, 5.41) is 18.7. The predicted octanol–water partition coefficient (Wildman–Crippen LogP) is 5.37. The van der Waals surface area contributed by atoms with Gasteiger partial charge in [0.15, 0.2) is 17.0 Å². The highest BCUT2D eigenvalue weighted by Crippen LogP contribution is 2.51. The Kier molecular flexibility index (Phi) is 6.52. The molecule has 1 saturated heterocycles. The number of ether oxygens (including phenoxy) is 2. The van der Waals surface area contributed by atoms with Crippen molar-refractivity contribution in [3.63, 3.8) is 0 Å². The lowest BCUT2D eigenvalue weighted by Crippen LogP contribution is -2.54. The Morgan fingerprint density at radius 2 is 1.83 bits per heavy atom. The van der Waals surface area contributed by atoms with Gasteiger partial charge in [-0.2, -0.15) is 0 Å². The molecule has 1 amide bonds. The zero-order valence-corrected chi connectivity index (χ0v) is 22.6. The van der Waals surface area contributed by atoms with Crippen LogP contribution in [0.15, 0.2) is 69.6 Å². The third-order valence-electron chi connectivity index (χ3n) is 6.90. The highest BCUT2D eigenvalue weighted by molar-refractivity contribution is 9.10. The van der Waals surface area contributed by atoms with Gasteiger partial charge in [-0.15, -0.1) is 0 Å². The van der Waals surface area contributed by atoms with E-state index in [2.05, 4.69) is 42.5 Å². The SMILES string of the molecule is COc1cc([C@@H]2[C@H](C)N[C@]3(C(=O)Nc4ccccc43)[C@H]2[N+](=O)[O-])cc(Br)c1OCc1ccc(Br)cc1. The Morgan fingerprint density at radius 1 is 1.11 bits per heavy atom. The molecule has 36 heavy (non-hydrogen) atoms. The number of hydrogen-bond acceptors (Lipinski definition) is 6. The number of nitrogens with one attached hydrogen (secondary N) is 2. The average molecular weight is 617 g/mol. The summed E-state index contributed by atoms with van der Waals surface area (Å²) in [5.41, 5.74) is 1.36. The van der Waals surface area contributed by atoms with Crippen LogP contribution in [-0.2, 0) is 16.9 Å². The van der Waals surface area contributed by atoms with E-state index in [1.165, 1.54) is 7.11 Å². The summed E-state index contributed by atoms with van der Waals surface area (Å²) >= 11 is 7.00. The van der Waals surface area contributed by atoms with Crippen LogP contribution in [0.3, 0.4) is 0 Å². The van der Waals surface area contributed by atoms with Gasteiger partial charge in [-0.1, -0.05) is 46.3 Å². The number of rotatable bonds is 6. The Hall–Kier alpha value is -2.95. The van der Waals surface area contributed by atoms with Crippen molar-refractivity contribution >= 4 is 43.5 Å². The maximum Gasteiger partial charge on any atom is 0.256 e. The van der Waals surface area contributed by atoms with Gasteiger partial charge in [0.1, 0.15) is 6.61 Å². The first kappa shape index (κ1) is 24.7. The molecule has 2 heterocycles. The molecule has 186 valence electrons. The summed E-state index contributed by atoms with van der Waals surface area (Å²) in [6.45, 7) is 2.18. The molecule has 0 aromatic heterocycles. The predicted molar refractivity (Wildman–Crippen MR) is 142 cm³/mol. The van der Waals surface area contributed by atoms with Crippen molar-refractivity contribution in [2.24, 2.45) is 0 Å². The molecule has 0 saturated carbocycles. The first-order valence-corrected chi connectivity index (χ1v) is 12.9. The number of halogens is 2. The minimum Gasteiger partial charge on any atom is -0.493 e. The van der Waals surface area contributed by atoms with E-state index >= 15 is 0 Å². The number of anilines is 1. The normalized spacial score (nSPS) is 24.4. The van der Waals surface area contributed by atoms with Crippen molar-refractivity contribution in [2.75, 3.05) is 12.4 Å². The second kappa shape index (κ2) is 9.49. The number of hydrogen-bond donors (Lipinski definition) is 2. The first-order valence-electron chi connectivity index (χ1n) is 11.3. The lowest BCUT2D eigenvalue weighted by atomic mass is 9.78. The lowest BCUT2D eigenvalue weighted by molar-refractivity contribution is -0.532. The van der Waals surface area contributed by atoms with Gasteiger partial charge in [0.05, 0.1) is 17.5 Å². The summed E-state index contributed by atoms with van der Waals surface area (Å²) in [6, 6.07) is 16.9. The quantitative estimate of drug-likeness (QED) is 0.285. The van der Waals surface area contributed by atoms with Gasteiger partial charge in [0.2, 0.25) is 0 Å². The Morgan fingerprint density at radius 3 is 2.53 bits per heavy atom. The van der Waals surface area contributed by atoms with Gasteiger partial charge in [0.25, 0.3) is 11.9 Å². The van der Waals surface area contributed by atoms with Crippen molar-refractivity contribution in [1.29, 1.82) is 0 Å². The monoisotopic (exact) mass is 615 g/mol. The molecule has 1 fully saturated rings. The number of carbonyl (C=O) groups is 1. The molecule has 0 unspecified atom stereocenters. The van der Waals surface area contributed by atoms with E-state index in [9.17, 15) is 14.9 Å². The van der Waals surface area contributed by atoms with Gasteiger partial charge < -0.3 is 14.8 Å². The van der Waals surface area contributed by atoms with Crippen LogP contribution in [0, 0.1) is 10.1 Å². The van der Waals surface area contributed by atoms with Crippen LogP contribution in [-0.4, -0.2) is 30.0 Å². The van der Waals surface area contributed by atoms with E-state index in [-0.39, 0.29) is 11.0 Å². The molecular formula is C26H23Br2N3O5. The number of amides is 1. The molecule has 0 bridgehead atoms. The standard InChI is InChI=1S/C26H23Br2N3O5/c1-14-22(24(31(33)34)26(30-14)18-5-3-4-6-20(18)29-25(26)32)16-11-19(28)23(21(12-16)35-2)36-13-15-7-9-17(27)10-8-15/h3-12,14,22,24,30H,13H2,1-2H3,(H,29,32)/t14-,22-,24-,26-/m0/s1. The summed E-state index contributed by atoms with van der Waals surface area (Å²) in [5.74, 6) is -0.0787. The minimum absolute atomic E-state index is 0.320. The summed E-state index contributed by atoms with van der Waals surface area (Å²) in [6.07, 6.45) is 0. The number of nitrogens with zero attached hydrogens (tertiary/aromatic N) is 1. The molecule has 0 radical (unpaired) electrons. The third-order valence-corrected chi connectivity index (χ3v) is 8.01. The average Bonchev–Trinajstić information content (AvgIpc) is 3.32. The van der Waals surface area contributed by atoms with Gasteiger partial charge in [-0.05, 0) is 64.3 Å². The molecule has 5 rings (SSSR count). The fourth-order valence-corrected chi connectivity index (χ4v) is 6.20. The zero-order valence-electron chi connectivity index (χ0n) is 19.5. The number of fused-ring (bicyclic) bond motifs is 2. The smallest absolute Gasteiger partial charge is 0.256 e. The van der Waals surface area contributed by atoms with Crippen molar-refractivity contribution in [3.05, 3.63) is 96.4 Å². The highest BCUT2D eigenvalue weighted by atomic mass is 79.9. The molecule has 4 atom stereocenters. The molecule has 2 aliphatic heterocycles. The Labute approximate surface area is 224 Å². The van der Waals surface area contributed by atoms with E-state index in [1.54, 1.807) is 30.3 Å². The summed E-state index contributed by atoms with van der Waals surface area (Å²) in [4.78, 5) is 25.4. The largest absolute Gasteiger partial charge is 0.493 e. The maximum absolute atomic E-state index is 13.2. The molecule has 3 aromatic rings. The second-order valence-corrected chi connectivity index (χ2v) is 10.7. The zero-order chi connectivity index (χ0) is 25.6. The van der Waals surface area contributed by atoms with Gasteiger partial charge in [0, 0.05) is 26.7 Å². The molecule has 2 N–H and O–H groups in total. The number of nitro groups is 1. The highest BCUT2D eigenvalue weighted by Gasteiger charge is 2.67. The van der Waals surface area contributed by atoms with Crippen molar-refractivity contribution in [3.8, 4) is 11.5 Å². The maximum atomic E-state index is 13.2. The Bertz CT molecular complexity index is 1350. The van der Waals surface area contributed by atoms with Crippen LogP contribution < -0.4 is 20.1 Å². The van der Waals surface area contributed by atoms with Gasteiger partial charge >= 0.3 is 0 Å². The number of carbonyl (C=O) groups excluding carboxylic acids is 1. The van der Waals surface area contributed by atoms with Crippen LogP contribution in [0.1, 0.15) is 29.5 Å². The van der Waals surface area contributed by atoms with Crippen molar-refractivity contribution in [2.45, 2.75) is 37.1 Å². The first-order chi connectivity index (χ1) is 17.3. The van der Waals surface area contributed by atoms with E-state index in [4.69, 9.17) is 9.47 Å². The number of benzene rings is 3. The van der Waals surface area contributed by atoms with E-state index in [1.807, 2.05) is 37.3 Å². The van der Waals surface area contributed by atoms with E-state index < -0.39 is 23.4 Å². The topological polar surface area (TPSA) is 103 Å². The Balaban J connectivity index is 1.53. The number of para-hydroxylation sites is 1. The van der Waals surface area contributed by atoms with Crippen LogP contribution in [0.2, 0.25) is 0 Å². The minimum atomic E-state index is -1.47. The molecular weight excluding hydrogens is 594 g/mol. The van der Waals surface area contributed by atoms with Crippen LogP contribution >= 0.6 is 31.9 Å².